The Bertz CT molecular complexity index is 878. The van der Waals surface area contributed by atoms with Crippen LogP contribution in [0.25, 0.3) is 0 Å². The highest BCUT2D eigenvalue weighted by Gasteiger charge is 2.27. The third-order valence-electron chi connectivity index (χ3n) is 4.21. The summed E-state index contributed by atoms with van der Waals surface area (Å²) in [5.74, 6) is 0.0121. The van der Waals surface area contributed by atoms with Crippen LogP contribution in [0, 0.1) is 0 Å². The number of sulfonamides is 1. The summed E-state index contributed by atoms with van der Waals surface area (Å²) >= 11 is 4.67. The summed E-state index contributed by atoms with van der Waals surface area (Å²) in [6.07, 6.45) is 3.18. The number of Topliss-reactive ketones (excluding diaryl/α,β-unsaturated/α-hetero) is 1. The standard InChI is InChI=1S/C18H19BrN2O3S2/c1-13(18(22)14-4-6-15(19)7-5-14)25-17-9-8-16(12-20-17)26(23,24)21-10-2-3-11-21/h4-9,12-13H,2-3,10-11H2,1H3. The normalized spacial score (nSPS) is 16.5. The molecule has 0 amide bonds. The van der Waals surface area contributed by atoms with Gasteiger partial charge in [0.15, 0.2) is 5.78 Å². The van der Waals surface area contributed by atoms with Crippen molar-refractivity contribution in [1.29, 1.82) is 0 Å². The third kappa shape index (κ3) is 4.36. The maximum atomic E-state index is 12.5. The van der Waals surface area contributed by atoms with Crippen molar-refractivity contribution < 1.29 is 13.2 Å². The minimum atomic E-state index is -3.46. The molecule has 1 atom stereocenters. The van der Waals surface area contributed by atoms with Gasteiger partial charge in [0, 0.05) is 29.3 Å². The van der Waals surface area contributed by atoms with Gasteiger partial charge in [0.2, 0.25) is 10.0 Å². The molecule has 0 radical (unpaired) electrons. The second kappa shape index (κ2) is 8.21. The SMILES string of the molecule is CC(Sc1ccc(S(=O)(=O)N2CCCC2)cn1)C(=O)c1ccc(Br)cc1. The maximum absolute atomic E-state index is 12.5. The van der Waals surface area contributed by atoms with Crippen LogP contribution in [0.15, 0.2) is 57.0 Å². The molecule has 0 N–H and O–H groups in total. The Morgan fingerprint density at radius 3 is 2.38 bits per heavy atom. The first-order chi connectivity index (χ1) is 12.4. The first kappa shape index (κ1) is 19.5. The lowest BCUT2D eigenvalue weighted by atomic mass is 10.1. The average Bonchev–Trinajstić information content (AvgIpc) is 3.18. The van der Waals surface area contributed by atoms with E-state index in [9.17, 15) is 13.2 Å². The van der Waals surface area contributed by atoms with Crippen molar-refractivity contribution >= 4 is 43.5 Å². The lowest BCUT2D eigenvalue weighted by molar-refractivity contribution is 0.0994. The summed E-state index contributed by atoms with van der Waals surface area (Å²) < 4.78 is 27.4. The van der Waals surface area contributed by atoms with Crippen LogP contribution in [0.1, 0.15) is 30.1 Å². The van der Waals surface area contributed by atoms with Gasteiger partial charge in [0.25, 0.3) is 0 Å². The number of hydrogen-bond donors (Lipinski definition) is 0. The average molecular weight is 455 g/mol. The Hall–Kier alpha value is -1.22. The molecule has 0 spiro atoms. The number of ketones is 1. The van der Waals surface area contributed by atoms with Crippen LogP contribution in [0.3, 0.4) is 0 Å². The number of benzene rings is 1. The van der Waals surface area contributed by atoms with Crippen molar-refractivity contribution in [2.24, 2.45) is 0 Å². The molecular weight excluding hydrogens is 436 g/mol. The number of rotatable bonds is 6. The molecule has 3 rings (SSSR count). The van der Waals surface area contributed by atoms with Gasteiger partial charge in [0.05, 0.1) is 10.3 Å². The molecule has 26 heavy (non-hydrogen) atoms. The Labute approximate surface area is 166 Å². The van der Waals surface area contributed by atoms with Gasteiger partial charge in [-0.15, -0.1) is 0 Å². The lowest BCUT2D eigenvalue weighted by Gasteiger charge is -2.15. The second-order valence-corrected chi connectivity index (χ2v) is 10.3. The summed E-state index contributed by atoms with van der Waals surface area (Å²) in [5, 5.41) is 0.313. The predicted molar refractivity (Wildman–Crippen MR) is 106 cm³/mol. The van der Waals surface area contributed by atoms with E-state index in [1.165, 1.54) is 22.3 Å². The third-order valence-corrected chi connectivity index (χ3v) is 7.67. The minimum Gasteiger partial charge on any atom is -0.293 e. The molecule has 2 aromatic rings. The van der Waals surface area contributed by atoms with Crippen molar-refractivity contribution in [3.63, 3.8) is 0 Å². The van der Waals surface area contributed by atoms with Crippen LogP contribution in [0.4, 0.5) is 0 Å². The van der Waals surface area contributed by atoms with E-state index >= 15 is 0 Å². The fourth-order valence-corrected chi connectivity index (χ4v) is 5.34. The number of nitrogens with zero attached hydrogens (tertiary/aromatic N) is 2. The molecule has 1 fully saturated rings. The van der Waals surface area contributed by atoms with Crippen molar-refractivity contribution in [1.82, 2.24) is 9.29 Å². The van der Waals surface area contributed by atoms with E-state index in [0.717, 1.165) is 17.3 Å². The number of carbonyl (C=O) groups is 1. The van der Waals surface area contributed by atoms with Crippen molar-refractivity contribution in [2.75, 3.05) is 13.1 Å². The van der Waals surface area contributed by atoms with Gasteiger partial charge < -0.3 is 0 Å². The van der Waals surface area contributed by atoms with Crippen molar-refractivity contribution in [3.05, 3.63) is 52.6 Å². The van der Waals surface area contributed by atoms with Gasteiger partial charge in [-0.05, 0) is 44.0 Å². The first-order valence-electron chi connectivity index (χ1n) is 8.30. The molecule has 138 valence electrons. The molecule has 1 aliphatic rings. The van der Waals surface area contributed by atoms with E-state index in [1.807, 2.05) is 19.1 Å². The number of halogens is 1. The van der Waals surface area contributed by atoms with Crippen LogP contribution in [0.5, 0.6) is 0 Å². The van der Waals surface area contributed by atoms with Crippen LogP contribution < -0.4 is 0 Å². The Kier molecular flexibility index (Phi) is 6.17. The number of carbonyl (C=O) groups excluding carboxylic acids is 1. The Morgan fingerprint density at radius 1 is 1.15 bits per heavy atom. The number of hydrogen-bond acceptors (Lipinski definition) is 5. The molecule has 8 heteroatoms. The lowest BCUT2D eigenvalue weighted by Crippen LogP contribution is -2.27. The minimum absolute atomic E-state index is 0.0121. The number of thioether (sulfide) groups is 1. The summed E-state index contributed by atoms with van der Waals surface area (Å²) in [6.45, 7) is 2.96. The molecule has 5 nitrogen and oxygen atoms in total. The molecule has 0 aliphatic carbocycles. The fraction of sp³-hybridized carbons (Fsp3) is 0.333. The highest BCUT2D eigenvalue weighted by atomic mass is 79.9. The number of aromatic nitrogens is 1. The maximum Gasteiger partial charge on any atom is 0.244 e. The van der Waals surface area contributed by atoms with Crippen molar-refractivity contribution in [3.8, 4) is 0 Å². The molecule has 1 saturated heterocycles. The van der Waals surface area contributed by atoms with Gasteiger partial charge >= 0.3 is 0 Å². The van der Waals surface area contributed by atoms with Crippen LogP contribution in [0.2, 0.25) is 0 Å². The number of pyridine rings is 1. The highest BCUT2D eigenvalue weighted by Crippen LogP contribution is 2.26. The van der Waals surface area contributed by atoms with Gasteiger partial charge in [-0.25, -0.2) is 13.4 Å². The Balaban J connectivity index is 1.69. The molecule has 1 aromatic carbocycles. The Morgan fingerprint density at radius 2 is 1.81 bits per heavy atom. The summed E-state index contributed by atoms with van der Waals surface area (Å²) in [4.78, 5) is 16.9. The van der Waals surface area contributed by atoms with E-state index in [1.54, 1.807) is 24.3 Å². The van der Waals surface area contributed by atoms with Crippen LogP contribution >= 0.6 is 27.7 Å². The highest BCUT2D eigenvalue weighted by molar-refractivity contribution is 9.10. The first-order valence-corrected chi connectivity index (χ1v) is 11.4. The smallest absolute Gasteiger partial charge is 0.244 e. The summed E-state index contributed by atoms with van der Waals surface area (Å²) in [6, 6.07) is 10.5. The van der Waals surface area contributed by atoms with Gasteiger partial charge in [-0.3, -0.25) is 4.79 Å². The van der Waals surface area contributed by atoms with E-state index < -0.39 is 10.0 Å². The molecular formula is C18H19BrN2O3S2. The second-order valence-electron chi connectivity index (χ2n) is 6.07. The van der Waals surface area contributed by atoms with Gasteiger partial charge in [0.1, 0.15) is 4.90 Å². The van der Waals surface area contributed by atoms with Crippen LogP contribution in [-0.4, -0.2) is 41.8 Å². The zero-order valence-electron chi connectivity index (χ0n) is 14.3. The van der Waals surface area contributed by atoms with E-state index in [4.69, 9.17) is 0 Å². The summed E-state index contributed by atoms with van der Waals surface area (Å²) in [7, 11) is -3.46. The van der Waals surface area contributed by atoms with E-state index in [-0.39, 0.29) is 15.9 Å². The van der Waals surface area contributed by atoms with Crippen LogP contribution in [-0.2, 0) is 10.0 Å². The molecule has 0 saturated carbocycles. The largest absolute Gasteiger partial charge is 0.293 e. The van der Waals surface area contributed by atoms with E-state index in [2.05, 4.69) is 20.9 Å². The predicted octanol–water partition coefficient (Wildman–Crippen LogP) is 3.99. The molecule has 1 unspecified atom stereocenters. The quantitative estimate of drug-likeness (QED) is 0.487. The monoisotopic (exact) mass is 454 g/mol. The van der Waals surface area contributed by atoms with Gasteiger partial charge in [-0.1, -0.05) is 39.8 Å². The van der Waals surface area contributed by atoms with Gasteiger partial charge in [-0.2, -0.15) is 4.31 Å². The fourth-order valence-electron chi connectivity index (χ4n) is 2.75. The molecule has 0 bridgehead atoms. The molecule has 1 aromatic heterocycles. The van der Waals surface area contributed by atoms with E-state index in [0.29, 0.717) is 23.7 Å². The zero-order chi connectivity index (χ0) is 18.7. The summed E-state index contributed by atoms with van der Waals surface area (Å²) in [5.41, 5.74) is 0.640. The zero-order valence-corrected chi connectivity index (χ0v) is 17.5. The topological polar surface area (TPSA) is 67.3 Å². The van der Waals surface area contributed by atoms with Crippen molar-refractivity contribution in [2.45, 2.75) is 34.9 Å². The molecule has 2 heterocycles. The molecule has 1 aliphatic heterocycles.